The smallest absolute Gasteiger partial charge is 0.487 e. The van der Waals surface area contributed by atoms with Gasteiger partial charge in [-0.05, 0) is 72.1 Å². The topological polar surface area (TPSA) is 30.9 Å². The van der Waals surface area contributed by atoms with Crippen LogP contribution in [0.3, 0.4) is 0 Å². The standard InChI is InChI=1S/C22H34BNO3/c1-17(2)24-15-12-20(13-16-24)25-19-9-7-18(8-10-19)11-14-23-26-21(3,4)22(5,6)27-23/h7-11,14,17,20H,12-13,15-16H2,1-6H3. The van der Waals surface area contributed by atoms with Gasteiger partial charge in [0.05, 0.1) is 11.2 Å². The molecule has 0 atom stereocenters. The lowest BCUT2D eigenvalue weighted by Crippen LogP contribution is -2.41. The van der Waals surface area contributed by atoms with E-state index in [0.717, 1.165) is 37.2 Å². The first-order valence-corrected chi connectivity index (χ1v) is 10.2. The lowest BCUT2D eigenvalue weighted by atomic mass is 9.89. The fourth-order valence-electron chi connectivity index (χ4n) is 3.52. The van der Waals surface area contributed by atoms with Crippen LogP contribution in [0.2, 0.25) is 0 Å². The van der Waals surface area contributed by atoms with Crippen LogP contribution in [0.5, 0.6) is 5.75 Å². The summed E-state index contributed by atoms with van der Waals surface area (Å²) in [5.74, 6) is 2.93. The van der Waals surface area contributed by atoms with E-state index in [2.05, 4.69) is 70.7 Å². The lowest BCUT2D eigenvalue weighted by molar-refractivity contribution is 0.00578. The third kappa shape index (κ3) is 4.95. The van der Waals surface area contributed by atoms with Gasteiger partial charge in [-0.3, -0.25) is 0 Å². The van der Waals surface area contributed by atoms with Crippen molar-refractivity contribution >= 4 is 13.2 Å². The molecular formula is C22H34BNO3. The van der Waals surface area contributed by atoms with E-state index in [0.29, 0.717) is 12.1 Å². The van der Waals surface area contributed by atoms with Crippen LogP contribution in [0.1, 0.15) is 59.9 Å². The predicted molar refractivity (Wildman–Crippen MR) is 112 cm³/mol. The average Bonchev–Trinajstić information content (AvgIpc) is 2.82. The summed E-state index contributed by atoms with van der Waals surface area (Å²) in [7, 11) is -0.308. The first-order valence-electron chi connectivity index (χ1n) is 10.2. The normalized spacial score (nSPS) is 23.4. The molecule has 2 saturated heterocycles. The number of benzene rings is 1. The Morgan fingerprint density at radius 2 is 1.59 bits per heavy atom. The number of piperidine rings is 1. The molecule has 2 aliphatic heterocycles. The molecule has 2 heterocycles. The number of hydrogen-bond acceptors (Lipinski definition) is 4. The highest BCUT2D eigenvalue weighted by Gasteiger charge is 2.49. The van der Waals surface area contributed by atoms with E-state index in [-0.39, 0.29) is 18.3 Å². The minimum atomic E-state index is -0.308. The average molecular weight is 371 g/mol. The molecule has 0 aromatic heterocycles. The zero-order valence-corrected chi connectivity index (χ0v) is 17.7. The minimum absolute atomic E-state index is 0.301. The third-order valence-electron chi connectivity index (χ3n) is 6.11. The molecule has 5 heteroatoms. The molecule has 0 bridgehead atoms. The van der Waals surface area contributed by atoms with E-state index in [1.807, 2.05) is 12.1 Å². The second kappa shape index (κ2) is 7.98. The second-order valence-electron chi connectivity index (χ2n) is 9.00. The van der Waals surface area contributed by atoms with Gasteiger partial charge in [-0.15, -0.1) is 0 Å². The van der Waals surface area contributed by atoms with E-state index < -0.39 is 0 Å². The fourth-order valence-corrected chi connectivity index (χ4v) is 3.52. The van der Waals surface area contributed by atoms with Gasteiger partial charge in [0.2, 0.25) is 0 Å². The van der Waals surface area contributed by atoms with E-state index >= 15 is 0 Å². The number of likely N-dealkylation sites (tertiary alicyclic amines) is 1. The van der Waals surface area contributed by atoms with Crippen LogP contribution in [-0.4, -0.2) is 48.5 Å². The summed E-state index contributed by atoms with van der Waals surface area (Å²) in [5, 5.41) is 0. The Morgan fingerprint density at radius 1 is 1.04 bits per heavy atom. The van der Waals surface area contributed by atoms with Crippen molar-refractivity contribution in [3.05, 3.63) is 35.8 Å². The number of hydrogen-bond donors (Lipinski definition) is 0. The van der Waals surface area contributed by atoms with Crippen molar-refractivity contribution in [1.82, 2.24) is 4.90 Å². The van der Waals surface area contributed by atoms with Gasteiger partial charge in [0.1, 0.15) is 11.9 Å². The van der Waals surface area contributed by atoms with Gasteiger partial charge in [0.15, 0.2) is 0 Å². The van der Waals surface area contributed by atoms with Crippen molar-refractivity contribution in [1.29, 1.82) is 0 Å². The molecular weight excluding hydrogens is 337 g/mol. The molecule has 2 fully saturated rings. The van der Waals surface area contributed by atoms with E-state index in [1.165, 1.54) is 0 Å². The maximum Gasteiger partial charge on any atom is 0.487 e. The highest BCUT2D eigenvalue weighted by atomic mass is 16.7. The summed E-state index contributed by atoms with van der Waals surface area (Å²) in [6, 6.07) is 8.90. The molecule has 0 spiro atoms. The van der Waals surface area contributed by atoms with Crippen molar-refractivity contribution in [3.8, 4) is 5.75 Å². The van der Waals surface area contributed by atoms with Gasteiger partial charge in [0.25, 0.3) is 0 Å². The summed E-state index contributed by atoms with van der Waals surface area (Å²) in [6.07, 6.45) is 4.57. The Bertz CT molecular complexity index is 630. The maximum absolute atomic E-state index is 6.17. The van der Waals surface area contributed by atoms with Crippen LogP contribution in [0.4, 0.5) is 0 Å². The first kappa shape index (κ1) is 20.4. The third-order valence-corrected chi connectivity index (χ3v) is 6.11. The van der Waals surface area contributed by atoms with Crippen LogP contribution in [0.25, 0.3) is 6.08 Å². The summed E-state index contributed by atoms with van der Waals surface area (Å²) in [4.78, 5) is 2.52. The summed E-state index contributed by atoms with van der Waals surface area (Å²) < 4.78 is 18.2. The van der Waals surface area contributed by atoms with Crippen molar-refractivity contribution in [2.24, 2.45) is 0 Å². The zero-order valence-electron chi connectivity index (χ0n) is 17.7. The number of nitrogens with zero attached hydrogens (tertiary/aromatic N) is 1. The zero-order chi connectivity index (χ0) is 19.7. The lowest BCUT2D eigenvalue weighted by Gasteiger charge is -2.34. The fraction of sp³-hybridized carbons (Fsp3) is 0.636. The van der Waals surface area contributed by atoms with E-state index in [9.17, 15) is 0 Å². The van der Waals surface area contributed by atoms with Gasteiger partial charge in [-0.25, -0.2) is 0 Å². The van der Waals surface area contributed by atoms with Crippen LogP contribution >= 0.6 is 0 Å². The Labute approximate surface area is 165 Å². The maximum atomic E-state index is 6.17. The molecule has 2 aliphatic rings. The van der Waals surface area contributed by atoms with E-state index in [1.54, 1.807) is 0 Å². The predicted octanol–water partition coefficient (Wildman–Crippen LogP) is 4.58. The molecule has 1 aromatic carbocycles. The van der Waals surface area contributed by atoms with Gasteiger partial charge >= 0.3 is 7.12 Å². The molecule has 0 unspecified atom stereocenters. The molecule has 3 rings (SSSR count). The number of rotatable bonds is 5. The summed E-state index contributed by atoms with van der Waals surface area (Å²) in [6.45, 7) is 15.0. The second-order valence-corrected chi connectivity index (χ2v) is 9.00. The quantitative estimate of drug-likeness (QED) is 0.709. The molecule has 0 N–H and O–H groups in total. The van der Waals surface area contributed by atoms with Gasteiger partial charge < -0.3 is 18.9 Å². The molecule has 148 valence electrons. The summed E-state index contributed by atoms with van der Waals surface area (Å²) in [5.41, 5.74) is 0.516. The monoisotopic (exact) mass is 371 g/mol. The Kier molecular flexibility index (Phi) is 6.04. The van der Waals surface area contributed by atoms with Crippen molar-refractivity contribution < 1.29 is 14.0 Å². The SMILES string of the molecule is CC(C)N1CCC(Oc2ccc(C=CB3OC(C)(C)C(C)(C)O3)cc2)CC1. The Balaban J connectivity index is 1.51. The van der Waals surface area contributed by atoms with Crippen molar-refractivity contribution in [2.75, 3.05) is 13.1 Å². The van der Waals surface area contributed by atoms with Crippen LogP contribution in [0, 0.1) is 0 Å². The largest absolute Gasteiger partial charge is 0.490 e. The van der Waals surface area contributed by atoms with Crippen LogP contribution in [-0.2, 0) is 9.31 Å². The van der Waals surface area contributed by atoms with Crippen molar-refractivity contribution in [2.45, 2.75) is 77.7 Å². The molecule has 0 radical (unpaired) electrons. The van der Waals surface area contributed by atoms with Crippen LogP contribution < -0.4 is 4.74 Å². The highest BCUT2D eigenvalue weighted by molar-refractivity contribution is 6.52. The van der Waals surface area contributed by atoms with Crippen LogP contribution in [0.15, 0.2) is 30.2 Å². The summed E-state index contributed by atoms with van der Waals surface area (Å²) >= 11 is 0. The van der Waals surface area contributed by atoms with E-state index in [4.69, 9.17) is 14.0 Å². The van der Waals surface area contributed by atoms with Gasteiger partial charge in [0, 0.05) is 19.1 Å². The van der Waals surface area contributed by atoms with Crippen molar-refractivity contribution in [3.63, 3.8) is 0 Å². The first-order chi connectivity index (χ1) is 12.7. The molecule has 0 saturated carbocycles. The molecule has 0 amide bonds. The Morgan fingerprint density at radius 3 is 2.11 bits per heavy atom. The van der Waals surface area contributed by atoms with Gasteiger partial charge in [-0.2, -0.15) is 0 Å². The molecule has 0 aliphatic carbocycles. The molecule has 27 heavy (non-hydrogen) atoms. The van der Waals surface area contributed by atoms with Gasteiger partial charge in [-0.1, -0.05) is 24.2 Å². The Hall–Kier alpha value is -1.30. The molecule has 4 nitrogen and oxygen atoms in total. The number of ether oxygens (including phenoxy) is 1. The molecule has 1 aromatic rings. The minimum Gasteiger partial charge on any atom is -0.490 e. The highest BCUT2D eigenvalue weighted by Crippen LogP contribution is 2.37.